The Balaban J connectivity index is 1.54. The van der Waals surface area contributed by atoms with E-state index in [0.717, 1.165) is 29.0 Å². The number of fused-ring (bicyclic) bond motifs is 1. The van der Waals surface area contributed by atoms with Gasteiger partial charge in [0, 0.05) is 18.4 Å². The molecule has 0 saturated carbocycles. The van der Waals surface area contributed by atoms with Gasteiger partial charge in [0.05, 0.1) is 12.6 Å². The molecule has 138 valence electrons. The van der Waals surface area contributed by atoms with Crippen LogP contribution in [0.15, 0.2) is 48.5 Å². The molecule has 2 aromatic carbocycles. The van der Waals surface area contributed by atoms with Crippen LogP contribution in [0.4, 0.5) is 0 Å². The van der Waals surface area contributed by atoms with Crippen LogP contribution in [0, 0.1) is 6.92 Å². The molecular weight excluding hydrogens is 326 g/mol. The zero-order valence-electron chi connectivity index (χ0n) is 15.7. The average molecular weight is 353 g/mol. The van der Waals surface area contributed by atoms with Crippen molar-refractivity contribution in [1.29, 1.82) is 0 Å². The molecule has 1 N–H and O–H groups in total. The number of carbonyl (C=O) groups excluding carboxylic acids is 1. The molecule has 1 heterocycles. The van der Waals surface area contributed by atoms with Crippen LogP contribution < -0.4 is 14.8 Å². The zero-order chi connectivity index (χ0) is 18.6. The van der Waals surface area contributed by atoms with E-state index in [2.05, 4.69) is 31.3 Å². The van der Waals surface area contributed by atoms with Gasteiger partial charge in [-0.05, 0) is 51.0 Å². The van der Waals surface area contributed by atoms with Gasteiger partial charge >= 0.3 is 0 Å². The number of hydrogen-bond acceptors (Lipinski definition) is 3. The molecule has 0 aliphatic carbocycles. The third-order valence-electron chi connectivity index (χ3n) is 4.52. The molecule has 0 saturated heterocycles. The second kappa shape index (κ2) is 7.81. The summed E-state index contributed by atoms with van der Waals surface area (Å²) in [6.07, 6.45) is 1.90. The number of ether oxygens (including phenoxy) is 2. The lowest BCUT2D eigenvalue weighted by atomic mass is 9.89. The molecular formula is C22H27NO3. The fourth-order valence-corrected chi connectivity index (χ4v) is 3.29. The van der Waals surface area contributed by atoms with Crippen molar-refractivity contribution in [2.75, 3.05) is 6.61 Å². The fourth-order valence-electron chi connectivity index (χ4n) is 3.29. The Bertz CT molecular complexity index is 755. The van der Waals surface area contributed by atoms with E-state index in [-0.39, 0.29) is 17.6 Å². The van der Waals surface area contributed by atoms with Crippen molar-refractivity contribution in [1.82, 2.24) is 5.32 Å². The molecule has 0 radical (unpaired) electrons. The number of amides is 1. The van der Waals surface area contributed by atoms with Gasteiger partial charge in [0.25, 0.3) is 0 Å². The molecule has 0 aromatic heterocycles. The van der Waals surface area contributed by atoms with Gasteiger partial charge in [0.1, 0.15) is 17.1 Å². The number of aryl methyl sites for hydroxylation is 1. The fraction of sp³-hybridized carbons (Fsp3) is 0.409. The third kappa shape index (κ3) is 4.78. The third-order valence-corrected chi connectivity index (χ3v) is 4.52. The van der Waals surface area contributed by atoms with Gasteiger partial charge < -0.3 is 14.8 Å². The Hall–Kier alpha value is -2.49. The summed E-state index contributed by atoms with van der Waals surface area (Å²) in [5, 5.41) is 3.17. The summed E-state index contributed by atoms with van der Waals surface area (Å²) in [5.41, 5.74) is 1.92. The van der Waals surface area contributed by atoms with Gasteiger partial charge in [-0.2, -0.15) is 0 Å². The summed E-state index contributed by atoms with van der Waals surface area (Å²) in [5.74, 6) is 1.76. The van der Waals surface area contributed by atoms with E-state index in [1.807, 2.05) is 43.3 Å². The van der Waals surface area contributed by atoms with E-state index in [4.69, 9.17) is 9.47 Å². The van der Waals surface area contributed by atoms with Gasteiger partial charge in [-0.25, -0.2) is 0 Å². The first-order valence-electron chi connectivity index (χ1n) is 9.20. The predicted octanol–water partition coefficient (Wildman–Crippen LogP) is 4.57. The van der Waals surface area contributed by atoms with Gasteiger partial charge in [-0.3, -0.25) is 4.79 Å². The minimum Gasteiger partial charge on any atom is -0.494 e. The largest absolute Gasteiger partial charge is 0.494 e. The van der Waals surface area contributed by atoms with Crippen LogP contribution in [0.1, 0.15) is 50.3 Å². The normalized spacial score (nSPS) is 17.7. The SMILES string of the molecule is Cc1ccc2c(c1)OC(C)(C)C[C@H]2NC(=O)CCCOc1ccccc1. The summed E-state index contributed by atoms with van der Waals surface area (Å²) in [6, 6.07) is 15.8. The number of rotatable bonds is 6. The number of para-hydroxylation sites is 1. The topological polar surface area (TPSA) is 47.6 Å². The first-order chi connectivity index (χ1) is 12.4. The first-order valence-corrected chi connectivity index (χ1v) is 9.20. The highest BCUT2D eigenvalue weighted by atomic mass is 16.5. The van der Waals surface area contributed by atoms with Crippen LogP contribution in [0.2, 0.25) is 0 Å². The van der Waals surface area contributed by atoms with E-state index in [1.54, 1.807) is 0 Å². The lowest BCUT2D eigenvalue weighted by molar-refractivity contribution is -0.122. The van der Waals surface area contributed by atoms with Crippen LogP contribution in [-0.4, -0.2) is 18.1 Å². The van der Waals surface area contributed by atoms with Gasteiger partial charge in [0.2, 0.25) is 5.91 Å². The maximum atomic E-state index is 12.4. The van der Waals surface area contributed by atoms with Gasteiger partial charge in [-0.15, -0.1) is 0 Å². The Labute approximate surface area is 155 Å². The molecule has 4 nitrogen and oxygen atoms in total. The molecule has 0 unspecified atom stereocenters. The highest BCUT2D eigenvalue weighted by molar-refractivity contribution is 5.76. The minimum atomic E-state index is -0.296. The highest BCUT2D eigenvalue weighted by Crippen LogP contribution is 2.39. The van der Waals surface area contributed by atoms with Crippen molar-refractivity contribution in [2.24, 2.45) is 0 Å². The summed E-state index contributed by atoms with van der Waals surface area (Å²) in [7, 11) is 0. The number of nitrogens with one attached hydrogen (secondary N) is 1. The quantitative estimate of drug-likeness (QED) is 0.774. The van der Waals surface area contributed by atoms with Gasteiger partial charge in [0.15, 0.2) is 0 Å². The summed E-state index contributed by atoms with van der Waals surface area (Å²) < 4.78 is 11.7. The lowest BCUT2D eigenvalue weighted by Gasteiger charge is -2.38. The van der Waals surface area contributed by atoms with E-state index in [0.29, 0.717) is 19.4 Å². The van der Waals surface area contributed by atoms with Crippen molar-refractivity contribution in [3.8, 4) is 11.5 Å². The molecule has 0 spiro atoms. The Morgan fingerprint density at radius 1 is 1.23 bits per heavy atom. The molecule has 26 heavy (non-hydrogen) atoms. The maximum absolute atomic E-state index is 12.4. The molecule has 1 aliphatic rings. The highest BCUT2D eigenvalue weighted by Gasteiger charge is 2.34. The van der Waals surface area contributed by atoms with E-state index >= 15 is 0 Å². The van der Waals surface area contributed by atoms with E-state index in [9.17, 15) is 4.79 Å². The monoisotopic (exact) mass is 353 g/mol. The van der Waals surface area contributed by atoms with E-state index < -0.39 is 0 Å². The first kappa shape index (κ1) is 18.3. The molecule has 0 fully saturated rings. The lowest BCUT2D eigenvalue weighted by Crippen LogP contribution is -2.41. The Kier molecular flexibility index (Phi) is 5.50. The van der Waals surface area contributed by atoms with Crippen molar-refractivity contribution in [2.45, 2.75) is 51.7 Å². The van der Waals surface area contributed by atoms with Crippen molar-refractivity contribution in [3.05, 3.63) is 59.7 Å². The molecule has 1 aliphatic heterocycles. The number of hydrogen-bond donors (Lipinski definition) is 1. The summed E-state index contributed by atoms with van der Waals surface area (Å²) in [6.45, 7) is 6.70. The molecule has 2 aromatic rings. The van der Waals surface area contributed by atoms with Crippen LogP contribution in [0.3, 0.4) is 0 Å². The van der Waals surface area contributed by atoms with Crippen molar-refractivity contribution in [3.63, 3.8) is 0 Å². The van der Waals surface area contributed by atoms with Crippen LogP contribution in [0.5, 0.6) is 11.5 Å². The molecule has 1 amide bonds. The van der Waals surface area contributed by atoms with Crippen molar-refractivity contribution < 1.29 is 14.3 Å². The standard InChI is InChI=1S/C22H27NO3/c1-16-11-12-18-19(15-22(2,3)26-20(18)14-16)23-21(24)10-7-13-25-17-8-5-4-6-9-17/h4-6,8-9,11-12,14,19H,7,10,13,15H2,1-3H3,(H,23,24)/t19-/m1/s1. The van der Waals surface area contributed by atoms with Crippen LogP contribution in [-0.2, 0) is 4.79 Å². The second-order valence-electron chi connectivity index (χ2n) is 7.49. The Morgan fingerprint density at radius 2 is 2.00 bits per heavy atom. The number of benzene rings is 2. The maximum Gasteiger partial charge on any atom is 0.220 e. The second-order valence-corrected chi connectivity index (χ2v) is 7.49. The van der Waals surface area contributed by atoms with Crippen LogP contribution >= 0.6 is 0 Å². The summed E-state index contributed by atoms with van der Waals surface area (Å²) >= 11 is 0. The number of carbonyl (C=O) groups is 1. The molecule has 0 bridgehead atoms. The van der Waals surface area contributed by atoms with E-state index in [1.165, 1.54) is 0 Å². The van der Waals surface area contributed by atoms with Gasteiger partial charge in [-0.1, -0.05) is 30.3 Å². The molecule has 4 heteroatoms. The minimum absolute atomic E-state index is 0.0168. The molecule has 1 atom stereocenters. The zero-order valence-corrected chi connectivity index (χ0v) is 15.7. The smallest absolute Gasteiger partial charge is 0.220 e. The van der Waals surface area contributed by atoms with Crippen LogP contribution in [0.25, 0.3) is 0 Å². The Morgan fingerprint density at radius 3 is 2.77 bits per heavy atom. The molecule has 3 rings (SSSR count). The predicted molar refractivity (Wildman–Crippen MR) is 103 cm³/mol. The average Bonchev–Trinajstić information content (AvgIpc) is 2.58. The van der Waals surface area contributed by atoms with Crippen molar-refractivity contribution >= 4 is 5.91 Å². The summed E-state index contributed by atoms with van der Waals surface area (Å²) in [4.78, 5) is 12.4.